The van der Waals surface area contributed by atoms with Crippen LogP contribution in [0.5, 0.6) is 0 Å². The molecule has 0 N–H and O–H groups in total. The molecule has 0 spiro atoms. The highest BCUT2D eigenvalue weighted by atomic mass is 16.5. The minimum Gasteiger partial charge on any atom is -0.485 e. The highest BCUT2D eigenvalue weighted by molar-refractivity contribution is 5.78. The molecule has 0 unspecified atom stereocenters. The number of carbonyl (C=O) groups is 1. The number of aliphatic imine (C=N–C) groups is 1. The van der Waals surface area contributed by atoms with Crippen LogP contribution in [0.15, 0.2) is 59.3 Å². The van der Waals surface area contributed by atoms with E-state index in [0.29, 0.717) is 17.9 Å². The highest BCUT2D eigenvalue weighted by Gasteiger charge is 2.07. The largest absolute Gasteiger partial charge is 0.485 e. The fourth-order valence-electron chi connectivity index (χ4n) is 1.84. The second-order valence-electron chi connectivity index (χ2n) is 4.02. The molecule has 0 fully saturated rings. The fraction of sp³-hybridized carbons (Fsp3) is 0.133. The van der Waals surface area contributed by atoms with E-state index in [2.05, 4.69) is 16.7 Å². The molecule has 0 saturated heterocycles. The first kappa shape index (κ1) is 13.7. The first-order chi connectivity index (χ1) is 9.80. The van der Waals surface area contributed by atoms with Crippen molar-refractivity contribution in [2.45, 2.75) is 13.5 Å². The van der Waals surface area contributed by atoms with Crippen LogP contribution in [-0.4, -0.2) is 22.4 Å². The lowest BCUT2D eigenvalue weighted by molar-refractivity contribution is -0.105. The van der Waals surface area contributed by atoms with Crippen molar-refractivity contribution in [3.8, 4) is 0 Å². The van der Waals surface area contributed by atoms with Gasteiger partial charge in [-0.05, 0) is 25.8 Å². The lowest BCUT2D eigenvalue weighted by Gasteiger charge is -2.09. The first-order valence-electron chi connectivity index (χ1n) is 6.10. The topological polar surface area (TPSA) is 56.0 Å². The number of aromatic nitrogens is 2. The number of nitrogens with zero attached hydrogens (tertiary/aromatic N) is 3. The second-order valence-corrected chi connectivity index (χ2v) is 4.02. The van der Waals surface area contributed by atoms with Gasteiger partial charge in [0.05, 0.1) is 29.2 Å². The maximum Gasteiger partial charge on any atom is 0.153 e. The van der Waals surface area contributed by atoms with Crippen LogP contribution in [0, 0.1) is 0 Å². The summed E-state index contributed by atoms with van der Waals surface area (Å²) in [6, 6.07) is 3.91. The SMILES string of the molecule is C=N/C=C(OCc1ccc2cnccn12)\C(C=O)=C/C. The average Bonchev–Trinajstić information content (AvgIpc) is 2.89. The smallest absolute Gasteiger partial charge is 0.153 e. The minimum absolute atomic E-state index is 0.324. The Morgan fingerprint density at radius 1 is 1.55 bits per heavy atom. The third-order valence-corrected chi connectivity index (χ3v) is 2.85. The molecule has 5 nitrogen and oxygen atoms in total. The molecule has 2 aromatic heterocycles. The van der Waals surface area contributed by atoms with E-state index in [-0.39, 0.29) is 0 Å². The van der Waals surface area contributed by atoms with Crippen LogP contribution in [0.25, 0.3) is 5.52 Å². The summed E-state index contributed by atoms with van der Waals surface area (Å²) in [5.74, 6) is 0.404. The van der Waals surface area contributed by atoms with Gasteiger partial charge in [-0.3, -0.25) is 14.8 Å². The maximum absolute atomic E-state index is 11.0. The molecule has 0 aliphatic rings. The van der Waals surface area contributed by atoms with Crippen LogP contribution in [-0.2, 0) is 16.1 Å². The summed E-state index contributed by atoms with van der Waals surface area (Å²) in [6.45, 7) is 5.47. The molecule has 0 bridgehead atoms. The molecule has 0 radical (unpaired) electrons. The molecule has 2 rings (SSSR count). The van der Waals surface area contributed by atoms with Crippen molar-refractivity contribution in [3.05, 3.63) is 60.0 Å². The van der Waals surface area contributed by atoms with Gasteiger partial charge in [0.15, 0.2) is 6.29 Å². The zero-order valence-corrected chi connectivity index (χ0v) is 11.2. The molecule has 2 heterocycles. The Labute approximate surface area is 116 Å². The van der Waals surface area contributed by atoms with Crippen molar-refractivity contribution >= 4 is 18.5 Å². The second kappa shape index (κ2) is 6.47. The van der Waals surface area contributed by atoms with E-state index in [1.54, 1.807) is 25.4 Å². The quantitative estimate of drug-likeness (QED) is 0.266. The van der Waals surface area contributed by atoms with Crippen molar-refractivity contribution in [1.82, 2.24) is 9.38 Å². The Kier molecular flexibility index (Phi) is 4.44. The van der Waals surface area contributed by atoms with E-state index >= 15 is 0 Å². The molecule has 0 aromatic carbocycles. The molecule has 20 heavy (non-hydrogen) atoms. The minimum atomic E-state index is 0.324. The van der Waals surface area contributed by atoms with E-state index in [4.69, 9.17) is 4.74 Å². The van der Waals surface area contributed by atoms with Crippen molar-refractivity contribution in [2.24, 2.45) is 4.99 Å². The maximum atomic E-state index is 11.0. The Balaban J connectivity index is 2.20. The van der Waals surface area contributed by atoms with Gasteiger partial charge in [0, 0.05) is 12.4 Å². The molecule has 0 aliphatic heterocycles. The van der Waals surface area contributed by atoms with Crippen LogP contribution in [0.2, 0.25) is 0 Å². The van der Waals surface area contributed by atoms with E-state index < -0.39 is 0 Å². The number of allylic oxidation sites excluding steroid dienone is 2. The summed E-state index contributed by atoms with van der Waals surface area (Å²) < 4.78 is 7.64. The summed E-state index contributed by atoms with van der Waals surface area (Å²) in [7, 11) is 0. The lowest BCUT2D eigenvalue weighted by Crippen LogP contribution is -2.01. The van der Waals surface area contributed by atoms with E-state index in [1.165, 1.54) is 6.20 Å². The Bertz CT molecular complexity index is 683. The molecule has 0 aliphatic carbocycles. The molecule has 0 atom stereocenters. The van der Waals surface area contributed by atoms with Crippen molar-refractivity contribution < 1.29 is 9.53 Å². The van der Waals surface area contributed by atoms with Crippen LogP contribution in [0.1, 0.15) is 12.6 Å². The standard InChI is InChI=1S/C15H15N3O2/c1-3-12(10-19)15(9-16-2)20-11-14-5-4-13-8-17-6-7-18(13)14/h3-10H,2,11H2,1H3/b12-3-,15-9+. The predicted molar refractivity (Wildman–Crippen MR) is 77.4 cm³/mol. The molecule has 5 heteroatoms. The van der Waals surface area contributed by atoms with Crippen LogP contribution >= 0.6 is 0 Å². The molecular weight excluding hydrogens is 254 g/mol. The number of fused-ring (bicyclic) bond motifs is 1. The van der Waals surface area contributed by atoms with Gasteiger partial charge in [0.25, 0.3) is 0 Å². The predicted octanol–water partition coefficient (Wildman–Crippen LogP) is 2.54. The Hall–Kier alpha value is -2.69. The van der Waals surface area contributed by atoms with Crippen molar-refractivity contribution in [2.75, 3.05) is 0 Å². The van der Waals surface area contributed by atoms with Crippen molar-refractivity contribution in [1.29, 1.82) is 0 Å². The van der Waals surface area contributed by atoms with Crippen LogP contribution in [0.4, 0.5) is 0 Å². The number of ether oxygens (including phenoxy) is 1. The van der Waals surface area contributed by atoms with Crippen LogP contribution < -0.4 is 0 Å². The zero-order valence-electron chi connectivity index (χ0n) is 11.2. The number of rotatable bonds is 6. The first-order valence-corrected chi connectivity index (χ1v) is 6.10. The summed E-state index contributed by atoms with van der Waals surface area (Å²) in [5.41, 5.74) is 2.39. The van der Waals surface area contributed by atoms with Gasteiger partial charge in [0.2, 0.25) is 0 Å². The van der Waals surface area contributed by atoms with Crippen LogP contribution in [0.3, 0.4) is 0 Å². The van der Waals surface area contributed by atoms with E-state index in [9.17, 15) is 4.79 Å². The van der Waals surface area contributed by atoms with Gasteiger partial charge in [-0.1, -0.05) is 6.08 Å². The van der Waals surface area contributed by atoms with Gasteiger partial charge >= 0.3 is 0 Å². The van der Waals surface area contributed by atoms with E-state index in [1.807, 2.05) is 22.7 Å². The normalized spacial score (nSPS) is 12.4. The summed E-state index contributed by atoms with van der Waals surface area (Å²) in [5, 5.41) is 0. The third kappa shape index (κ3) is 2.83. The third-order valence-electron chi connectivity index (χ3n) is 2.85. The van der Waals surface area contributed by atoms with Crippen molar-refractivity contribution in [3.63, 3.8) is 0 Å². The summed E-state index contributed by atoms with van der Waals surface area (Å²) >= 11 is 0. The van der Waals surface area contributed by atoms with Gasteiger partial charge in [-0.25, -0.2) is 0 Å². The summed E-state index contributed by atoms with van der Waals surface area (Å²) in [4.78, 5) is 18.7. The van der Waals surface area contributed by atoms with Gasteiger partial charge < -0.3 is 9.14 Å². The Morgan fingerprint density at radius 2 is 2.40 bits per heavy atom. The van der Waals surface area contributed by atoms with Gasteiger partial charge in [-0.2, -0.15) is 0 Å². The molecular formula is C15H15N3O2. The molecule has 0 saturated carbocycles. The summed E-state index contributed by atoms with van der Waals surface area (Å²) in [6.07, 6.45) is 9.18. The molecule has 0 amide bonds. The monoisotopic (exact) mass is 269 g/mol. The number of hydrogen-bond donors (Lipinski definition) is 0. The van der Waals surface area contributed by atoms with E-state index in [0.717, 1.165) is 17.5 Å². The number of carbonyl (C=O) groups excluding carboxylic acids is 1. The fourth-order valence-corrected chi connectivity index (χ4v) is 1.84. The molecule has 2 aromatic rings. The van der Waals surface area contributed by atoms with Gasteiger partial charge in [-0.15, -0.1) is 0 Å². The average molecular weight is 269 g/mol. The van der Waals surface area contributed by atoms with Gasteiger partial charge in [0.1, 0.15) is 12.4 Å². The number of hydrogen-bond acceptors (Lipinski definition) is 4. The zero-order chi connectivity index (χ0) is 14.4. The lowest BCUT2D eigenvalue weighted by atomic mass is 10.2. The number of aldehydes is 1. The molecule has 102 valence electrons. The highest BCUT2D eigenvalue weighted by Crippen LogP contribution is 2.15. The Morgan fingerprint density at radius 3 is 3.10 bits per heavy atom.